The number of piperidine rings is 1. The summed E-state index contributed by atoms with van der Waals surface area (Å²) in [5, 5.41) is 0. The van der Waals surface area contributed by atoms with Crippen molar-refractivity contribution in [2.75, 3.05) is 33.7 Å². The van der Waals surface area contributed by atoms with Crippen LogP contribution >= 0.6 is 0 Å². The highest BCUT2D eigenvalue weighted by Crippen LogP contribution is 2.32. The SMILES string of the molecule is CC(C)CN1CCC(C)(C(=O)N(C)C)CC1. The van der Waals surface area contributed by atoms with Gasteiger partial charge >= 0.3 is 0 Å². The minimum Gasteiger partial charge on any atom is -0.348 e. The molecule has 0 spiro atoms. The van der Waals surface area contributed by atoms with E-state index in [0.717, 1.165) is 32.5 Å². The number of nitrogens with zero attached hydrogens (tertiary/aromatic N) is 2. The Labute approximate surface area is 99.8 Å². The molecule has 16 heavy (non-hydrogen) atoms. The standard InChI is InChI=1S/C13H26N2O/c1-11(2)10-15-8-6-13(3,7-9-15)12(16)14(4)5/h11H,6-10H2,1-5H3. The Morgan fingerprint density at radius 3 is 2.19 bits per heavy atom. The number of amides is 1. The maximum absolute atomic E-state index is 12.1. The Morgan fingerprint density at radius 2 is 1.81 bits per heavy atom. The molecule has 0 aromatic rings. The molecule has 0 unspecified atom stereocenters. The average molecular weight is 226 g/mol. The van der Waals surface area contributed by atoms with Gasteiger partial charge in [0, 0.05) is 26.1 Å². The molecule has 0 N–H and O–H groups in total. The van der Waals surface area contributed by atoms with Gasteiger partial charge in [-0.05, 0) is 31.8 Å². The summed E-state index contributed by atoms with van der Waals surface area (Å²) in [4.78, 5) is 16.3. The number of carbonyl (C=O) groups excluding carboxylic acids is 1. The molecule has 3 nitrogen and oxygen atoms in total. The van der Waals surface area contributed by atoms with Gasteiger partial charge in [-0.3, -0.25) is 4.79 Å². The fourth-order valence-electron chi connectivity index (χ4n) is 2.50. The third kappa shape index (κ3) is 3.21. The second-order valence-electron chi connectivity index (χ2n) is 5.95. The maximum atomic E-state index is 12.1. The molecular formula is C13H26N2O. The van der Waals surface area contributed by atoms with Crippen molar-refractivity contribution in [3.63, 3.8) is 0 Å². The highest BCUT2D eigenvalue weighted by molar-refractivity contribution is 5.82. The van der Waals surface area contributed by atoms with Gasteiger partial charge in [0.05, 0.1) is 0 Å². The van der Waals surface area contributed by atoms with Gasteiger partial charge in [0.15, 0.2) is 0 Å². The highest BCUT2D eigenvalue weighted by Gasteiger charge is 2.37. The Hall–Kier alpha value is -0.570. The van der Waals surface area contributed by atoms with Crippen LogP contribution in [0.3, 0.4) is 0 Å². The van der Waals surface area contributed by atoms with Crippen molar-refractivity contribution in [1.29, 1.82) is 0 Å². The van der Waals surface area contributed by atoms with Crippen molar-refractivity contribution >= 4 is 5.91 Å². The summed E-state index contributed by atoms with van der Waals surface area (Å²) in [5.41, 5.74) is -0.128. The van der Waals surface area contributed by atoms with Gasteiger partial charge in [-0.25, -0.2) is 0 Å². The maximum Gasteiger partial charge on any atom is 0.228 e. The van der Waals surface area contributed by atoms with Crippen molar-refractivity contribution in [2.45, 2.75) is 33.6 Å². The van der Waals surface area contributed by atoms with E-state index < -0.39 is 0 Å². The van der Waals surface area contributed by atoms with Gasteiger partial charge in [-0.1, -0.05) is 20.8 Å². The molecule has 1 fully saturated rings. The third-order valence-electron chi connectivity index (χ3n) is 3.51. The number of likely N-dealkylation sites (tertiary alicyclic amines) is 1. The lowest BCUT2D eigenvalue weighted by atomic mass is 9.79. The molecule has 0 aromatic carbocycles. The van der Waals surface area contributed by atoms with Gasteiger partial charge in [0.2, 0.25) is 5.91 Å². The molecule has 1 heterocycles. The van der Waals surface area contributed by atoms with Crippen LogP contribution in [-0.2, 0) is 4.79 Å². The quantitative estimate of drug-likeness (QED) is 0.733. The first-order valence-electron chi connectivity index (χ1n) is 6.29. The van der Waals surface area contributed by atoms with E-state index in [0.29, 0.717) is 5.92 Å². The van der Waals surface area contributed by atoms with Crippen molar-refractivity contribution in [1.82, 2.24) is 9.80 Å². The zero-order valence-electron chi connectivity index (χ0n) is 11.4. The average Bonchev–Trinajstić information content (AvgIpc) is 2.20. The molecule has 1 amide bonds. The predicted octanol–water partition coefficient (Wildman–Crippen LogP) is 1.83. The molecule has 0 atom stereocenters. The molecule has 0 saturated carbocycles. The number of hydrogen-bond acceptors (Lipinski definition) is 2. The topological polar surface area (TPSA) is 23.6 Å². The van der Waals surface area contributed by atoms with E-state index in [-0.39, 0.29) is 11.3 Å². The minimum absolute atomic E-state index is 0.128. The van der Waals surface area contributed by atoms with E-state index in [2.05, 4.69) is 25.7 Å². The largest absolute Gasteiger partial charge is 0.348 e. The molecule has 0 aliphatic carbocycles. The zero-order valence-corrected chi connectivity index (χ0v) is 11.4. The van der Waals surface area contributed by atoms with Crippen LogP contribution in [0.4, 0.5) is 0 Å². The second kappa shape index (κ2) is 5.17. The Kier molecular flexibility index (Phi) is 4.36. The molecular weight excluding hydrogens is 200 g/mol. The third-order valence-corrected chi connectivity index (χ3v) is 3.51. The van der Waals surface area contributed by atoms with Gasteiger partial charge in [0.25, 0.3) is 0 Å². The van der Waals surface area contributed by atoms with Crippen LogP contribution in [-0.4, -0.2) is 49.4 Å². The lowest BCUT2D eigenvalue weighted by molar-refractivity contribution is -0.141. The molecule has 1 saturated heterocycles. The normalized spacial score (nSPS) is 21.1. The van der Waals surface area contributed by atoms with Crippen LogP contribution in [0.15, 0.2) is 0 Å². The number of hydrogen-bond donors (Lipinski definition) is 0. The Bertz CT molecular complexity index is 240. The van der Waals surface area contributed by atoms with Crippen molar-refractivity contribution in [3.8, 4) is 0 Å². The van der Waals surface area contributed by atoms with Gasteiger partial charge in [-0.15, -0.1) is 0 Å². The monoisotopic (exact) mass is 226 g/mol. The first-order chi connectivity index (χ1) is 7.35. The van der Waals surface area contributed by atoms with Crippen LogP contribution < -0.4 is 0 Å². The van der Waals surface area contributed by atoms with E-state index in [1.807, 2.05) is 14.1 Å². The van der Waals surface area contributed by atoms with E-state index in [9.17, 15) is 4.79 Å². The minimum atomic E-state index is -0.128. The van der Waals surface area contributed by atoms with Crippen molar-refractivity contribution < 1.29 is 4.79 Å². The molecule has 94 valence electrons. The molecule has 3 heteroatoms. The van der Waals surface area contributed by atoms with Crippen molar-refractivity contribution in [3.05, 3.63) is 0 Å². The molecule has 0 aromatic heterocycles. The van der Waals surface area contributed by atoms with Gasteiger partial charge < -0.3 is 9.80 Å². The number of carbonyl (C=O) groups is 1. The second-order valence-corrected chi connectivity index (χ2v) is 5.95. The zero-order chi connectivity index (χ0) is 12.3. The summed E-state index contributed by atoms with van der Waals surface area (Å²) in [6.07, 6.45) is 1.99. The van der Waals surface area contributed by atoms with Crippen LogP contribution in [0.5, 0.6) is 0 Å². The van der Waals surface area contributed by atoms with Crippen LogP contribution in [0, 0.1) is 11.3 Å². The lowest BCUT2D eigenvalue weighted by Gasteiger charge is -2.40. The van der Waals surface area contributed by atoms with Crippen LogP contribution in [0.1, 0.15) is 33.6 Å². The first-order valence-corrected chi connectivity index (χ1v) is 6.29. The fraction of sp³-hybridized carbons (Fsp3) is 0.923. The summed E-state index contributed by atoms with van der Waals surface area (Å²) < 4.78 is 0. The van der Waals surface area contributed by atoms with Crippen LogP contribution in [0.2, 0.25) is 0 Å². The summed E-state index contributed by atoms with van der Waals surface area (Å²) in [6.45, 7) is 9.90. The lowest BCUT2D eigenvalue weighted by Crippen LogP contribution is -2.47. The smallest absolute Gasteiger partial charge is 0.228 e. The van der Waals surface area contributed by atoms with Crippen LogP contribution in [0.25, 0.3) is 0 Å². The number of rotatable bonds is 3. The van der Waals surface area contributed by atoms with E-state index in [1.54, 1.807) is 4.90 Å². The summed E-state index contributed by atoms with van der Waals surface area (Å²) in [6, 6.07) is 0. The van der Waals surface area contributed by atoms with E-state index in [4.69, 9.17) is 0 Å². The molecule has 1 aliphatic heterocycles. The highest BCUT2D eigenvalue weighted by atomic mass is 16.2. The molecule has 1 aliphatic rings. The first kappa shape index (κ1) is 13.5. The summed E-state index contributed by atoms with van der Waals surface area (Å²) in [7, 11) is 3.71. The molecule has 1 rings (SSSR count). The fourth-order valence-corrected chi connectivity index (χ4v) is 2.50. The molecule has 0 radical (unpaired) electrons. The van der Waals surface area contributed by atoms with E-state index >= 15 is 0 Å². The van der Waals surface area contributed by atoms with Crippen molar-refractivity contribution in [2.24, 2.45) is 11.3 Å². The van der Waals surface area contributed by atoms with E-state index in [1.165, 1.54) is 0 Å². The Morgan fingerprint density at radius 1 is 1.31 bits per heavy atom. The summed E-state index contributed by atoms with van der Waals surface area (Å²) >= 11 is 0. The summed E-state index contributed by atoms with van der Waals surface area (Å²) in [5.74, 6) is 1.01. The molecule has 0 bridgehead atoms. The Balaban J connectivity index is 2.50. The van der Waals surface area contributed by atoms with Gasteiger partial charge in [0.1, 0.15) is 0 Å². The van der Waals surface area contributed by atoms with Gasteiger partial charge in [-0.2, -0.15) is 0 Å². The predicted molar refractivity (Wildman–Crippen MR) is 67.3 cm³/mol.